The molecular formula is C13H18O. The Hall–Kier alpha value is -1.24. The lowest BCUT2D eigenvalue weighted by Crippen LogP contribution is -1.92. The van der Waals surface area contributed by atoms with Crippen LogP contribution in [-0.4, -0.2) is 0 Å². The summed E-state index contributed by atoms with van der Waals surface area (Å²) in [5.41, 5.74) is 1.31. The normalized spacial score (nSPS) is 11.9. The van der Waals surface area contributed by atoms with Crippen LogP contribution in [0.15, 0.2) is 36.1 Å². The minimum absolute atomic E-state index is 0.546. The fourth-order valence-electron chi connectivity index (χ4n) is 1.18. The summed E-state index contributed by atoms with van der Waals surface area (Å²) in [6.45, 7) is 8.30. The summed E-state index contributed by atoms with van der Waals surface area (Å²) in [4.78, 5) is 0. The summed E-state index contributed by atoms with van der Waals surface area (Å²) in [5, 5.41) is 0. The van der Waals surface area contributed by atoms with Gasteiger partial charge in [0.2, 0.25) is 0 Å². The van der Waals surface area contributed by atoms with Crippen LogP contribution in [0.2, 0.25) is 0 Å². The number of allylic oxidation sites excluding steroid dienone is 2. The van der Waals surface area contributed by atoms with E-state index in [0.29, 0.717) is 5.92 Å². The Labute approximate surface area is 86.4 Å². The topological polar surface area (TPSA) is 9.23 Å². The van der Waals surface area contributed by atoms with Crippen molar-refractivity contribution in [2.24, 2.45) is 0 Å². The van der Waals surface area contributed by atoms with E-state index in [2.05, 4.69) is 26.0 Å². The summed E-state index contributed by atoms with van der Waals surface area (Å²) >= 11 is 0. The van der Waals surface area contributed by atoms with E-state index in [-0.39, 0.29) is 0 Å². The molecule has 1 aromatic carbocycles. The zero-order chi connectivity index (χ0) is 10.6. The quantitative estimate of drug-likeness (QED) is 0.652. The summed E-state index contributed by atoms with van der Waals surface area (Å²) in [6.07, 6.45) is 1.96. The van der Waals surface area contributed by atoms with Crippen molar-refractivity contribution in [1.82, 2.24) is 0 Å². The molecule has 0 spiro atoms. The molecule has 1 heteroatoms. The Morgan fingerprint density at radius 2 is 2.07 bits per heavy atom. The lowest BCUT2D eigenvalue weighted by atomic mass is 10.0. The van der Waals surface area contributed by atoms with Crippen LogP contribution >= 0.6 is 0 Å². The first-order valence-electron chi connectivity index (χ1n) is 5.04. The Kier molecular flexibility index (Phi) is 3.75. The van der Waals surface area contributed by atoms with Crippen LogP contribution in [0.4, 0.5) is 0 Å². The van der Waals surface area contributed by atoms with Gasteiger partial charge < -0.3 is 4.74 Å². The third-order valence-corrected chi connectivity index (χ3v) is 2.21. The number of hydrogen-bond donors (Lipinski definition) is 0. The van der Waals surface area contributed by atoms with Gasteiger partial charge in [0, 0.05) is 0 Å². The molecule has 0 aliphatic carbocycles. The lowest BCUT2D eigenvalue weighted by molar-refractivity contribution is 0.426. The molecule has 0 bridgehead atoms. The molecule has 1 aromatic rings. The number of ether oxygens (including phenoxy) is 1. The van der Waals surface area contributed by atoms with Gasteiger partial charge >= 0.3 is 0 Å². The second-order valence-electron chi connectivity index (χ2n) is 3.73. The maximum Gasteiger partial charge on any atom is 0.127 e. The highest BCUT2D eigenvalue weighted by atomic mass is 16.5. The van der Waals surface area contributed by atoms with Crippen molar-refractivity contribution in [3.05, 3.63) is 41.7 Å². The van der Waals surface area contributed by atoms with E-state index < -0.39 is 0 Å². The van der Waals surface area contributed by atoms with Crippen LogP contribution in [0.25, 0.3) is 0 Å². The van der Waals surface area contributed by atoms with Gasteiger partial charge in [-0.2, -0.15) is 0 Å². The summed E-state index contributed by atoms with van der Waals surface area (Å²) < 4.78 is 5.62. The minimum atomic E-state index is 0.546. The molecule has 0 aliphatic rings. The first-order valence-corrected chi connectivity index (χ1v) is 5.04. The van der Waals surface area contributed by atoms with Crippen molar-refractivity contribution in [1.29, 1.82) is 0 Å². The molecule has 0 N–H and O–H groups in total. The molecule has 14 heavy (non-hydrogen) atoms. The van der Waals surface area contributed by atoms with E-state index in [1.54, 1.807) is 0 Å². The molecule has 0 aromatic heterocycles. The van der Waals surface area contributed by atoms with Gasteiger partial charge in [-0.1, -0.05) is 26.0 Å². The minimum Gasteiger partial charge on any atom is -0.462 e. The molecule has 76 valence electrons. The molecule has 0 radical (unpaired) electrons. The predicted molar refractivity (Wildman–Crippen MR) is 60.6 cm³/mol. The highest BCUT2D eigenvalue weighted by molar-refractivity contribution is 5.31. The zero-order valence-corrected chi connectivity index (χ0v) is 9.37. The molecule has 1 rings (SSSR count). The maximum absolute atomic E-state index is 5.62. The Morgan fingerprint density at radius 3 is 2.64 bits per heavy atom. The molecule has 0 unspecified atom stereocenters. The largest absolute Gasteiger partial charge is 0.462 e. The van der Waals surface area contributed by atoms with Crippen LogP contribution in [0.5, 0.6) is 5.75 Å². The highest BCUT2D eigenvalue weighted by Crippen LogP contribution is 2.21. The second kappa shape index (κ2) is 4.85. The van der Waals surface area contributed by atoms with Gasteiger partial charge in [0.25, 0.3) is 0 Å². The molecule has 1 nitrogen and oxygen atoms in total. The first kappa shape index (κ1) is 10.8. The third-order valence-electron chi connectivity index (χ3n) is 2.21. The number of hydrogen-bond acceptors (Lipinski definition) is 1. The van der Waals surface area contributed by atoms with Gasteiger partial charge in [-0.15, -0.1) is 0 Å². The van der Waals surface area contributed by atoms with E-state index in [9.17, 15) is 0 Å². The Morgan fingerprint density at radius 1 is 1.36 bits per heavy atom. The molecule has 0 heterocycles. The molecular weight excluding hydrogens is 172 g/mol. The van der Waals surface area contributed by atoms with Crippen LogP contribution in [0.1, 0.15) is 39.2 Å². The monoisotopic (exact) mass is 190 g/mol. The molecule has 0 atom stereocenters. The second-order valence-corrected chi connectivity index (χ2v) is 3.73. The fraction of sp³-hybridized carbons (Fsp3) is 0.385. The first-order chi connectivity index (χ1) is 6.63. The van der Waals surface area contributed by atoms with Crippen LogP contribution in [0.3, 0.4) is 0 Å². The van der Waals surface area contributed by atoms with Crippen LogP contribution in [-0.2, 0) is 0 Å². The van der Waals surface area contributed by atoms with Gasteiger partial charge in [-0.25, -0.2) is 0 Å². The molecule has 0 aliphatic heterocycles. The number of benzene rings is 1. The lowest BCUT2D eigenvalue weighted by Gasteiger charge is -2.09. The smallest absolute Gasteiger partial charge is 0.127 e. The van der Waals surface area contributed by atoms with Crippen molar-refractivity contribution in [2.75, 3.05) is 0 Å². The third kappa shape index (κ3) is 2.91. The van der Waals surface area contributed by atoms with Crippen molar-refractivity contribution < 1.29 is 4.74 Å². The Balaban J connectivity index is 2.84. The molecule has 0 saturated carbocycles. The Bertz CT molecular complexity index is 324. The molecule has 0 amide bonds. The standard InChI is InChI=1S/C13H18O/c1-5-11(4)14-13-8-6-7-12(9-13)10(2)3/h5-10H,1-4H3. The van der Waals surface area contributed by atoms with Crippen molar-refractivity contribution >= 4 is 0 Å². The highest BCUT2D eigenvalue weighted by Gasteiger charge is 2.00. The fourth-order valence-corrected chi connectivity index (χ4v) is 1.18. The molecule has 0 saturated heterocycles. The van der Waals surface area contributed by atoms with E-state index in [1.165, 1.54) is 5.56 Å². The van der Waals surface area contributed by atoms with Crippen molar-refractivity contribution in [3.63, 3.8) is 0 Å². The summed E-state index contributed by atoms with van der Waals surface area (Å²) in [7, 11) is 0. The average Bonchev–Trinajstić information content (AvgIpc) is 2.18. The van der Waals surface area contributed by atoms with Crippen molar-refractivity contribution in [3.8, 4) is 5.75 Å². The SMILES string of the molecule is CC=C(C)Oc1cccc(C(C)C)c1. The predicted octanol–water partition coefficient (Wildman–Crippen LogP) is 4.11. The van der Waals surface area contributed by atoms with Gasteiger partial charge in [-0.05, 0) is 43.5 Å². The molecule has 0 fully saturated rings. The van der Waals surface area contributed by atoms with Crippen LogP contribution in [0, 0.1) is 0 Å². The van der Waals surface area contributed by atoms with Crippen molar-refractivity contribution in [2.45, 2.75) is 33.6 Å². The van der Waals surface area contributed by atoms with Gasteiger partial charge in [0.15, 0.2) is 0 Å². The van der Waals surface area contributed by atoms with E-state index in [4.69, 9.17) is 4.74 Å². The summed E-state index contributed by atoms with van der Waals surface area (Å²) in [5.74, 6) is 2.40. The average molecular weight is 190 g/mol. The van der Waals surface area contributed by atoms with E-state index >= 15 is 0 Å². The summed E-state index contributed by atoms with van der Waals surface area (Å²) in [6, 6.07) is 8.24. The van der Waals surface area contributed by atoms with E-state index in [0.717, 1.165) is 11.5 Å². The zero-order valence-electron chi connectivity index (χ0n) is 9.37. The number of rotatable bonds is 3. The van der Waals surface area contributed by atoms with E-state index in [1.807, 2.05) is 32.1 Å². The van der Waals surface area contributed by atoms with Crippen LogP contribution < -0.4 is 4.74 Å². The van der Waals surface area contributed by atoms with Gasteiger partial charge in [-0.3, -0.25) is 0 Å². The van der Waals surface area contributed by atoms with Gasteiger partial charge in [0.1, 0.15) is 5.75 Å². The van der Waals surface area contributed by atoms with Gasteiger partial charge in [0.05, 0.1) is 5.76 Å². The maximum atomic E-state index is 5.62.